The molecule has 1 unspecified atom stereocenters. The van der Waals surface area contributed by atoms with E-state index >= 15 is 0 Å². The number of halogens is 1. The molecule has 0 bridgehead atoms. The zero-order valence-corrected chi connectivity index (χ0v) is 22.3. The molecule has 30 heavy (non-hydrogen) atoms. The number of nitrogens with zero attached hydrogens (tertiary/aromatic N) is 3. The van der Waals surface area contributed by atoms with Gasteiger partial charge < -0.3 is 24.7 Å². The molecule has 0 aromatic carbocycles. The lowest BCUT2D eigenvalue weighted by Crippen LogP contribution is -2.42. The van der Waals surface area contributed by atoms with Crippen LogP contribution in [-0.2, 0) is 16.7 Å². The topological polar surface area (TPSA) is 92.0 Å². The van der Waals surface area contributed by atoms with Crippen LogP contribution in [-0.4, -0.2) is 53.7 Å². The summed E-state index contributed by atoms with van der Waals surface area (Å²) >= 11 is 0. The largest absolute Gasteiger partial charge is 0.444 e. The van der Waals surface area contributed by atoms with Crippen LogP contribution in [0.3, 0.4) is 0 Å². The second-order valence-corrected chi connectivity index (χ2v) is 9.22. The summed E-state index contributed by atoms with van der Waals surface area (Å²) in [5, 5.41) is 6.50. The number of nitrogens with one attached hydrogen (secondary N) is 2. The SMILES string of the molecule is CCNC(=NCc1ncc(C(C)(C)C)o1)NCCC(C)N(C)C(=O)OC(C)(C)C.I. The van der Waals surface area contributed by atoms with Gasteiger partial charge in [-0.1, -0.05) is 20.8 Å². The Morgan fingerprint density at radius 3 is 2.40 bits per heavy atom. The summed E-state index contributed by atoms with van der Waals surface area (Å²) in [6, 6.07) is 0.0290. The predicted molar refractivity (Wildman–Crippen MR) is 132 cm³/mol. The van der Waals surface area contributed by atoms with Crippen LogP contribution in [0.2, 0.25) is 0 Å². The highest BCUT2D eigenvalue weighted by Gasteiger charge is 2.23. The number of carbonyl (C=O) groups excluding carboxylic acids is 1. The second kappa shape index (κ2) is 12.4. The minimum absolute atomic E-state index is 0. The van der Waals surface area contributed by atoms with Crippen LogP contribution in [0.5, 0.6) is 0 Å². The Kier molecular flexibility index (Phi) is 11.7. The Hall–Kier alpha value is -1.52. The van der Waals surface area contributed by atoms with Gasteiger partial charge in [0.25, 0.3) is 0 Å². The summed E-state index contributed by atoms with van der Waals surface area (Å²) in [6.45, 7) is 17.6. The Morgan fingerprint density at radius 2 is 1.90 bits per heavy atom. The van der Waals surface area contributed by atoms with Crippen molar-refractivity contribution in [3.05, 3.63) is 17.8 Å². The van der Waals surface area contributed by atoms with E-state index in [-0.39, 0.29) is 41.5 Å². The van der Waals surface area contributed by atoms with Gasteiger partial charge in [0, 0.05) is 31.6 Å². The van der Waals surface area contributed by atoms with Gasteiger partial charge in [0.05, 0.1) is 6.20 Å². The van der Waals surface area contributed by atoms with E-state index in [0.29, 0.717) is 24.9 Å². The lowest BCUT2D eigenvalue weighted by Gasteiger charge is -2.28. The number of aromatic nitrogens is 1. The van der Waals surface area contributed by atoms with Gasteiger partial charge in [-0.05, 0) is 41.0 Å². The molecule has 1 heterocycles. The van der Waals surface area contributed by atoms with Gasteiger partial charge in [0.15, 0.2) is 5.96 Å². The van der Waals surface area contributed by atoms with Gasteiger partial charge in [-0.15, -0.1) is 24.0 Å². The highest BCUT2D eigenvalue weighted by Crippen LogP contribution is 2.22. The van der Waals surface area contributed by atoms with Crippen LogP contribution in [0.15, 0.2) is 15.6 Å². The smallest absolute Gasteiger partial charge is 0.410 e. The fraction of sp³-hybridized carbons (Fsp3) is 0.762. The molecule has 0 aliphatic heterocycles. The maximum absolute atomic E-state index is 12.2. The quantitative estimate of drug-likeness (QED) is 0.306. The molecular formula is C21H40IN5O3. The Balaban J connectivity index is 0.00000841. The molecule has 8 nitrogen and oxygen atoms in total. The number of hydrogen-bond donors (Lipinski definition) is 2. The summed E-state index contributed by atoms with van der Waals surface area (Å²) in [5.41, 5.74) is -0.574. The number of aliphatic imine (C=N–C) groups is 1. The second-order valence-electron chi connectivity index (χ2n) is 9.22. The van der Waals surface area contributed by atoms with Crippen LogP contribution in [0, 0.1) is 0 Å². The molecular weight excluding hydrogens is 497 g/mol. The average Bonchev–Trinajstić information content (AvgIpc) is 3.06. The van der Waals surface area contributed by atoms with E-state index in [4.69, 9.17) is 9.15 Å². The molecule has 0 spiro atoms. The van der Waals surface area contributed by atoms with E-state index in [1.54, 1.807) is 18.1 Å². The summed E-state index contributed by atoms with van der Waals surface area (Å²) in [6.07, 6.45) is 2.20. The first-order valence-electron chi connectivity index (χ1n) is 10.3. The number of guanidine groups is 1. The van der Waals surface area contributed by atoms with Crippen molar-refractivity contribution < 1.29 is 13.9 Å². The van der Waals surface area contributed by atoms with E-state index in [1.165, 1.54) is 0 Å². The van der Waals surface area contributed by atoms with Crippen molar-refractivity contribution in [2.45, 2.75) is 85.4 Å². The normalized spacial score (nSPS) is 13.3. The van der Waals surface area contributed by atoms with Gasteiger partial charge in [-0.25, -0.2) is 14.8 Å². The number of hydrogen-bond acceptors (Lipinski definition) is 5. The molecule has 0 saturated carbocycles. The van der Waals surface area contributed by atoms with Gasteiger partial charge in [-0.2, -0.15) is 0 Å². The van der Waals surface area contributed by atoms with Gasteiger partial charge in [0.1, 0.15) is 17.9 Å². The van der Waals surface area contributed by atoms with E-state index in [1.807, 2.05) is 34.6 Å². The number of carbonyl (C=O) groups is 1. The van der Waals surface area contributed by atoms with Crippen LogP contribution in [0.25, 0.3) is 0 Å². The maximum Gasteiger partial charge on any atom is 0.410 e. The van der Waals surface area contributed by atoms with Crippen molar-refractivity contribution in [3.8, 4) is 0 Å². The molecule has 174 valence electrons. The first kappa shape index (κ1) is 28.5. The van der Waals surface area contributed by atoms with Crippen molar-refractivity contribution in [2.24, 2.45) is 4.99 Å². The van der Waals surface area contributed by atoms with Crippen LogP contribution < -0.4 is 10.6 Å². The van der Waals surface area contributed by atoms with Gasteiger partial charge in [-0.3, -0.25) is 0 Å². The van der Waals surface area contributed by atoms with Crippen LogP contribution >= 0.6 is 24.0 Å². The Bertz CT molecular complexity index is 677. The lowest BCUT2D eigenvalue weighted by atomic mass is 9.94. The molecule has 0 saturated heterocycles. The van der Waals surface area contributed by atoms with Crippen LogP contribution in [0.4, 0.5) is 4.79 Å². The predicted octanol–water partition coefficient (Wildman–Crippen LogP) is 4.29. The highest BCUT2D eigenvalue weighted by atomic mass is 127. The number of amides is 1. The van der Waals surface area contributed by atoms with Crippen molar-refractivity contribution in [1.29, 1.82) is 0 Å². The third-order valence-electron chi connectivity index (χ3n) is 4.21. The van der Waals surface area contributed by atoms with Crippen molar-refractivity contribution in [1.82, 2.24) is 20.5 Å². The zero-order valence-electron chi connectivity index (χ0n) is 20.0. The highest BCUT2D eigenvalue weighted by molar-refractivity contribution is 14.0. The minimum Gasteiger partial charge on any atom is -0.444 e. The summed E-state index contributed by atoms with van der Waals surface area (Å²) in [5.74, 6) is 2.12. The summed E-state index contributed by atoms with van der Waals surface area (Å²) in [7, 11) is 1.76. The summed E-state index contributed by atoms with van der Waals surface area (Å²) < 4.78 is 11.2. The third kappa shape index (κ3) is 10.5. The van der Waals surface area contributed by atoms with E-state index < -0.39 is 5.60 Å². The molecule has 1 aromatic rings. The molecule has 0 aliphatic carbocycles. The Morgan fingerprint density at radius 1 is 1.27 bits per heavy atom. The maximum atomic E-state index is 12.2. The molecule has 0 radical (unpaired) electrons. The lowest BCUT2D eigenvalue weighted by molar-refractivity contribution is 0.0230. The molecule has 1 atom stereocenters. The standard InChI is InChI=1S/C21H39N5O3.HI/c1-10-22-18(25-14-17-24-13-16(28-17)20(3,4)5)23-12-11-15(2)26(9)19(27)29-21(6,7)8;/h13,15H,10-12,14H2,1-9H3,(H2,22,23,25);1H. The molecule has 1 amide bonds. The first-order chi connectivity index (χ1) is 13.3. The third-order valence-corrected chi connectivity index (χ3v) is 4.21. The number of rotatable bonds is 7. The Labute approximate surface area is 198 Å². The monoisotopic (exact) mass is 537 g/mol. The van der Waals surface area contributed by atoms with Crippen molar-refractivity contribution in [3.63, 3.8) is 0 Å². The molecule has 9 heteroatoms. The number of oxazole rings is 1. The zero-order chi connectivity index (χ0) is 22.2. The van der Waals surface area contributed by atoms with Gasteiger partial charge >= 0.3 is 6.09 Å². The first-order valence-corrected chi connectivity index (χ1v) is 10.3. The number of ether oxygens (including phenoxy) is 1. The van der Waals surface area contributed by atoms with Crippen molar-refractivity contribution >= 4 is 36.0 Å². The van der Waals surface area contributed by atoms with E-state index in [0.717, 1.165) is 18.7 Å². The summed E-state index contributed by atoms with van der Waals surface area (Å²) in [4.78, 5) is 22.6. The van der Waals surface area contributed by atoms with Crippen LogP contribution in [0.1, 0.15) is 73.5 Å². The molecule has 1 aromatic heterocycles. The van der Waals surface area contributed by atoms with Crippen molar-refractivity contribution in [2.75, 3.05) is 20.1 Å². The fourth-order valence-corrected chi connectivity index (χ4v) is 2.33. The van der Waals surface area contributed by atoms with E-state index in [2.05, 4.69) is 41.4 Å². The average molecular weight is 537 g/mol. The van der Waals surface area contributed by atoms with E-state index in [9.17, 15) is 4.79 Å². The molecule has 0 aliphatic rings. The minimum atomic E-state index is -0.499. The fourth-order valence-electron chi connectivity index (χ4n) is 2.33. The van der Waals surface area contributed by atoms with Gasteiger partial charge in [0.2, 0.25) is 5.89 Å². The molecule has 2 N–H and O–H groups in total. The molecule has 1 rings (SSSR count). The molecule has 0 fully saturated rings.